The highest BCUT2D eigenvalue weighted by Crippen LogP contribution is 2.12. The number of ether oxygens (including phenoxy) is 18. The Balaban J connectivity index is -0.000000586. The molecule has 0 aliphatic heterocycles. The van der Waals surface area contributed by atoms with Crippen molar-refractivity contribution in [2.24, 2.45) is 5.92 Å². The minimum Gasteiger partial charge on any atom is -0.481 e. The van der Waals surface area contributed by atoms with Crippen molar-refractivity contribution in [3.05, 3.63) is 0 Å². The molecule has 0 saturated carbocycles. The minimum atomic E-state index is -1.26. The summed E-state index contributed by atoms with van der Waals surface area (Å²) in [7, 11) is 0. The molecule has 15 N–H and O–H groups in total. The summed E-state index contributed by atoms with van der Waals surface area (Å²) in [6.45, 7) is -3.93. The average Bonchev–Trinajstić information content (AvgIpc) is 0.941. The zero-order valence-electron chi connectivity index (χ0n) is 80.7. The maximum Gasteiger partial charge on any atom is 0.307 e. The fourth-order valence-corrected chi connectivity index (χ4v) is 8.83. The summed E-state index contributed by atoms with van der Waals surface area (Å²) in [5.74, 6) is -30.3. The molecule has 0 heterocycles. The normalized spacial score (nSPS) is 10.3. The lowest BCUT2D eigenvalue weighted by molar-refractivity contribution is -0.171. The highest BCUT2D eigenvalue weighted by molar-refractivity contribution is 5.84. The lowest BCUT2D eigenvalue weighted by Gasteiger charge is -2.21. The van der Waals surface area contributed by atoms with Gasteiger partial charge in [-0.3, -0.25) is 149 Å². The number of hydrogen-bond acceptors (Lipinski definition) is 50. The van der Waals surface area contributed by atoms with Crippen LogP contribution in [0, 0.1) is 5.92 Å². The van der Waals surface area contributed by atoms with Gasteiger partial charge >= 0.3 is 179 Å². The van der Waals surface area contributed by atoms with Gasteiger partial charge in [0, 0.05) is 19.6 Å². The Labute approximate surface area is 848 Å². The highest BCUT2D eigenvalue weighted by Gasteiger charge is 2.26. The van der Waals surface area contributed by atoms with Crippen LogP contribution in [-0.2, 0) is 229 Å². The van der Waals surface area contributed by atoms with Gasteiger partial charge < -0.3 is 162 Å². The Morgan fingerprint density at radius 2 is 0.320 bits per heavy atom. The van der Waals surface area contributed by atoms with Crippen molar-refractivity contribution in [2.75, 3.05) is 146 Å². The molecular formula is C85H122N2O63. The first-order valence-electron chi connectivity index (χ1n) is 44.4. The summed E-state index contributed by atoms with van der Waals surface area (Å²) >= 11 is 0. The van der Waals surface area contributed by atoms with Gasteiger partial charge in [-0.1, -0.05) is 0 Å². The molecular weight excluding hydrogens is 2060 g/mol. The molecule has 0 amide bonds. The van der Waals surface area contributed by atoms with Crippen LogP contribution in [0.15, 0.2) is 0 Å². The van der Waals surface area contributed by atoms with Gasteiger partial charge in [-0.15, -0.1) is 0 Å². The zero-order valence-corrected chi connectivity index (χ0v) is 80.7. The van der Waals surface area contributed by atoms with E-state index in [4.69, 9.17) is 162 Å². The second-order valence-corrected chi connectivity index (χ2v) is 29.2. The van der Waals surface area contributed by atoms with Gasteiger partial charge in [0.25, 0.3) is 0 Å². The number of hydrogen-bond donors (Lipinski definition) is 15. The molecule has 0 atom stereocenters. The van der Waals surface area contributed by atoms with Gasteiger partial charge in [-0.2, -0.15) is 0 Å². The molecule has 150 heavy (non-hydrogen) atoms. The van der Waals surface area contributed by atoms with Gasteiger partial charge in [0.05, 0.1) is 232 Å². The maximum absolute atomic E-state index is 11.6. The number of nitrogens with zero attached hydrogens (tertiary/aromatic N) is 2. The summed E-state index contributed by atoms with van der Waals surface area (Å²) in [5.41, 5.74) is 0. The van der Waals surface area contributed by atoms with Crippen LogP contribution in [0.5, 0.6) is 0 Å². The summed E-state index contributed by atoms with van der Waals surface area (Å²) in [6.07, 6.45) is -13.4. The number of carbonyl (C=O) groups is 30. The Bertz CT molecular complexity index is 3880. The predicted molar refractivity (Wildman–Crippen MR) is 470 cm³/mol. The van der Waals surface area contributed by atoms with E-state index in [0.717, 1.165) is 4.90 Å². The molecule has 65 heteroatoms. The highest BCUT2D eigenvalue weighted by atomic mass is 16.6. The molecule has 0 unspecified atom stereocenters. The Kier molecular flexibility index (Phi) is 86.9. The first kappa shape index (κ1) is 142. The standard InChI is InChI=1S/C21H32O15.C18H27NO12.C16H22O12.C15H21NO12.C15H20O12/c22-16(23)1-4-19(28)34-9-7-31-13-15(33-11-12-36-21(30)6-3-18(26)27)14-32-8-10-35-20(29)5-2-17(24)25;20-13(21)1-4-16(26)29-10-7-19(8-11-30-17(27)5-2-14(22)23)9-12-31-18(28)6-3-15(24)25;17-11(18)1-4-14(23)26-7-10(8-27-15(24)5-2-12(19)20)9-28-16(25)6-3-13(21)22;17-10(18)1-4-13(23)26-7-16(8-27-14(24)5-2-11(19)20)9-28-15(25)6-3-12(21)22;16-10(17)1-4-13(22)25-7-9(27-15(24)6-3-12(20)21)8-26-14(23)5-2-11(18)19/h15H,1-14H2,(H,22,23)(H,24,25)(H,26,27);1-12H2,(H,20,21)(H,22,23)(H,24,25);10H,1-9H2,(H,17,18)(H,19,20)(H,21,22);1-9H2,(H,17,18)(H,19,20)(H,21,22);9H,1-8H2,(H,16,17)(H,18,19)(H,20,21). The topological polar surface area (TPSA) is 988 Å². The smallest absolute Gasteiger partial charge is 0.307 e. The van der Waals surface area contributed by atoms with E-state index >= 15 is 0 Å². The zero-order chi connectivity index (χ0) is 115. The lowest BCUT2D eigenvalue weighted by atomic mass is 10.2. The Morgan fingerprint density at radius 1 is 0.153 bits per heavy atom. The van der Waals surface area contributed by atoms with Crippen molar-refractivity contribution >= 4 is 179 Å². The Morgan fingerprint density at radius 3 is 0.520 bits per heavy atom. The quantitative estimate of drug-likeness (QED) is 0.0135. The third kappa shape index (κ3) is 109. The van der Waals surface area contributed by atoms with Gasteiger partial charge in [-0.05, 0) is 0 Å². The van der Waals surface area contributed by atoms with Crippen LogP contribution in [0.25, 0.3) is 0 Å². The number of carboxylic acids is 15. The summed E-state index contributed by atoms with van der Waals surface area (Å²) in [4.78, 5) is 330. The maximum atomic E-state index is 11.6. The van der Waals surface area contributed by atoms with Crippen molar-refractivity contribution in [1.29, 1.82) is 0 Å². The molecule has 0 aromatic rings. The fourth-order valence-electron chi connectivity index (χ4n) is 8.83. The first-order chi connectivity index (χ1) is 70.5. The van der Waals surface area contributed by atoms with Crippen LogP contribution in [0.3, 0.4) is 0 Å². The van der Waals surface area contributed by atoms with E-state index in [-0.39, 0.29) is 208 Å². The van der Waals surface area contributed by atoms with Crippen LogP contribution in [0.4, 0.5) is 0 Å². The van der Waals surface area contributed by atoms with Crippen LogP contribution in [-0.4, -0.2) is 423 Å². The largest absolute Gasteiger partial charge is 0.481 e. The fraction of sp³-hybridized carbons (Fsp3) is 0.647. The van der Waals surface area contributed by atoms with Crippen molar-refractivity contribution in [3.8, 4) is 0 Å². The van der Waals surface area contributed by atoms with E-state index in [1.165, 1.54) is 0 Å². The average molecular weight is 2180 g/mol. The van der Waals surface area contributed by atoms with E-state index in [9.17, 15) is 144 Å². The molecule has 0 aromatic heterocycles. The molecule has 0 rings (SSSR count). The van der Waals surface area contributed by atoms with E-state index < -0.39 is 327 Å². The van der Waals surface area contributed by atoms with Crippen molar-refractivity contribution < 1.29 is 306 Å². The molecule has 0 spiro atoms. The second kappa shape index (κ2) is 91.6. The molecule has 0 aliphatic rings. The van der Waals surface area contributed by atoms with Crippen LogP contribution in [0.1, 0.15) is 193 Å². The second-order valence-electron chi connectivity index (χ2n) is 29.2. The van der Waals surface area contributed by atoms with Crippen LogP contribution < -0.4 is 0 Å². The molecule has 65 nitrogen and oxygen atoms in total. The molecule has 0 aromatic carbocycles. The predicted octanol–water partition coefficient (Wildman–Crippen LogP) is -2.07. The SMILES string of the molecule is O=C(O)CCC(=O)OCC(COC(=O)CCC(=O)O)COC(=O)CCC(=O)O.O=C(O)CCC(=O)OCC(COC(=O)CCC(=O)O)OC(=O)CCC(=O)O.O=C(O)CCC(=O)OCCN(CCOC(=O)CCC(=O)O)CCOC(=O)CCC(=O)O.O=C(O)CCC(=O)OCCOCC(COCCOC(=O)CCC(=O)O)OCCOC(=O)CCC(=O)O.O=C(O)CCC(=O)OCN(COC(=O)CCC(=O)O)COC(=O)CCC(=O)O. The van der Waals surface area contributed by atoms with E-state index in [1.807, 2.05) is 0 Å². The van der Waals surface area contributed by atoms with Crippen molar-refractivity contribution in [2.45, 2.75) is 205 Å². The molecule has 0 bridgehead atoms. The minimum absolute atomic E-state index is 0.00988. The van der Waals surface area contributed by atoms with Crippen LogP contribution >= 0.6 is 0 Å². The summed E-state index contributed by atoms with van der Waals surface area (Å²) < 4.78 is 88.6. The summed E-state index contributed by atoms with van der Waals surface area (Å²) in [6, 6.07) is 0. The number of esters is 15. The number of rotatable bonds is 85. The number of carboxylic acid groups (broad SMARTS) is 15. The van der Waals surface area contributed by atoms with Gasteiger partial charge in [0.2, 0.25) is 0 Å². The first-order valence-corrected chi connectivity index (χ1v) is 44.4. The third-order valence-corrected chi connectivity index (χ3v) is 16.3. The molecule has 0 fully saturated rings. The van der Waals surface area contributed by atoms with E-state index in [2.05, 4.69) is 0 Å². The van der Waals surface area contributed by atoms with E-state index in [0.29, 0.717) is 0 Å². The van der Waals surface area contributed by atoms with Gasteiger partial charge in [0.1, 0.15) is 99.0 Å². The van der Waals surface area contributed by atoms with Gasteiger partial charge in [-0.25, -0.2) is 4.90 Å². The number of carbonyl (C=O) groups excluding carboxylic acids is 15. The van der Waals surface area contributed by atoms with Crippen molar-refractivity contribution in [1.82, 2.24) is 9.80 Å². The van der Waals surface area contributed by atoms with Crippen LogP contribution in [0.2, 0.25) is 0 Å². The third-order valence-electron chi connectivity index (χ3n) is 16.3. The monoisotopic (exact) mass is 2180 g/mol. The van der Waals surface area contributed by atoms with E-state index in [1.54, 1.807) is 4.90 Å². The molecule has 850 valence electrons. The molecule has 0 radical (unpaired) electrons. The Hall–Kier alpha value is -16.1. The summed E-state index contributed by atoms with van der Waals surface area (Å²) in [5, 5.41) is 128. The lowest BCUT2D eigenvalue weighted by Crippen LogP contribution is -2.35. The van der Waals surface area contributed by atoms with Crippen molar-refractivity contribution in [3.63, 3.8) is 0 Å². The number of aliphatic carboxylic acids is 15. The molecule has 0 saturated heterocycles. The molecule has 0 aliphatic carbocycles. The van der Waals surface area contributed by atoms with Gasteiger partial charge in [0.15, 0.2) is 6.10 Å².